The number of nitrogens with zero attached hydrogens (tertiary/aromatic N) is 2. The van der Waals surface area contributed by atoms with E-state index in [1.54, 1.807) is 4.90 Å². The largest absolute Gasteiger partial charge is 0.337 e. The molecule has 0 saturated carbocycles. The van der Waals surface area contributed by atoms with E-state index < -0.39 is 5.92 Å². The van der Waals surface area contributed by atoms with Gasteiger partial charge >= 0.3 is 0 Å². The topological polar surface area (TPSA) is 66.6 Å². The van der Waals surface area contributed by atoms with Crippen LogP contribution in [0.1, 0.15) is 32.6 Å². The third-order valence-corrected chi connectivity index (χ3v) is 5.56. The normalized spacial score (nSPS) is 25.9. The molecule has 3 rings (SSSR count). The highest BCUT2D eigenvalue weighted by Crippen LogP contribution is 2.30. The van der Waals surface area contributed by atoms with Crippen molar-refractivity contribution in [2.45, 2.75) is 44.7 Å². The minimum atomic E-state index is -0.566. The third-order valence-electron chi connectivity index (χ3n) is 5.06. The fraction of sp³-hybridized carbons (Fsp3) is 0.556. The van der Waals surface area contributed by atoms with Crippen LogP contribution in [0, 0.1) is 5.92 Å². The van der Waals surface area contributed by atoms with E-state index in [0.29, 0.717) is 19.5 Å². The van der Waals surface area contributed by atoms with E-state index in [-0.39, 0.29) is 23.9 Å². The summed E-state index contributed by atoms with van der Waals surface area (Å²) in [4.78, 5) is 29.4. The number of likely N-dealkylation sites (tertiary alicyclic amines) is 1. The van der Waals surface area contributed by atoms with Gasteiger partial charge < -0.3 is 15.5 Å². The number of piperidine rings is 1. The second-order valence-electron chi connectivity index (χ2n) is 6.76. The van der Waals surface area contributed by atoms with Gasteiger partial charge in [0.1, 0.15) is 5.92 Å². The zero-order chi connectivity index (χ0) is 17.3. The summed E-state index contributed by atoms with van der Waals surface area (Å²) in [7, 11) is 0. The minimum Gasteiger partial charge on any atom is -0.337 e. The standard InChI is InChI=1S/C18H24BrN3O2/c1-12(20)16-7-2-3-9-22(16)18(24)15-8-10-21(17(15)23)14-6-4-5-13(19)11-14/h4-6,11-12,15-16H,2-3,7-10,20H2,1H3. The number of anilines is 1. The van der Waals surface area contributed by atoms with Crippen LogP contribution >= 0.6 is 15.9 Å². The van der Waals surface area contributed by atoms with Gasteiger partial charge in [0.05, 0.1) is 0 Å². The number of benzene rings is 1. The molecule has 130 valence electrons. The summed E-state index contributed by atoms with van der Waals surface area (Å²) < 4.78 is 0.927. The molecule has 2 aliphatic rings. The van der Waals surface area contributed by atoms with Gasteiger partial charge in [-0.05, 0) is 50.8 Å². The molecule has 0 bridgehead atoms. The average molecular weight is 394 g/mol. The molecule has 0 aliphatic carbocycles. The second-order valence-corrected chi connectivity index (χ2v) is 7.68. The molecule has 1 aromatic rings. The zero-order valence-electron chi connectivity index (χ0n) is 14.0. The number of nitrogens with two attached hydrogens (primary N) is 1. The van der Waals surface area contributed by atoms with E-state index in [1.165, 1.54) is 0 Å². The number of hydrogen-bond donors (Lipinski definition) is 1. The molecule has 3 unspecified atom stereocenters. The van der Waals surface area contributed by atoms with Crippen LogP contribution in [0.3, 0.4) is 0 Å². The van der Waals surface area contributed by atoms with Crippen molar-refractivity contribution < 1.29 is 9.59 Å². The maximum Gasteiger partial charge on any atom is 0.239 e. The van der Waals surface area contributed by atoms with Gasteiger partial charge in [-0.1, -0.05) is 22.0 Å². The van der Waals surface area contributed by atoms with Crippen molar-refractivity contribution in [3.63, 3.8) is 0 Å². The van der Waals surface area contributed by atoms with Gasteiger partial charge in [-0.25, -0.2) is 0 Å². The number of carbonyl (C=O) groups excluding carboxylic acids is 2. The molecule has 1 aromatic carbocycles. The first-order chi connectivity index (χ1) is 11.5. The van der Waals surface area contributed by atoms with Gasteiger partial charge in [0.25, 0.3) is 0 Å². The van der Waals surface area contributed by atoms with Crippen molar-refractivity contribution in [3.05, 3.63) is 28.7 Å². The van der Waals surface area contributed by atoms with Crippen molar-refractivity contribution in [1.29, 1.82) is 0 Å². The Labute approximate surface area is 151 Å². The van der Waals surface area contributed by atoms with Crippen LogP contribution in [0.25, 0.3) is 0 Å². The summed E-state index contributed by atoms with van der Waals surface area (Å²) in [6, 6.07) is 7.63. The van der Waals surface area contributed by atoms with Crippen molar-refractivity contribution >= 4 is 33.4 Å². The van der Waals surface area contributed by atoms with Gasteiger partial charge in [-0.2, -0.15) is 0 Å². The van der Waals surface area contributed by atoms with Crippen LogP contribution in [0.5, 0.6) is 0 Å². The predicted octanol–water partition coefficient (Wildman–Crippen LogP) is 2.53. The first-order valence-electron chi connectivity index (χ1n) is 8.62. The monoisotopic (exact) mass is 393 g/mol. The van der Waals surface area contributed by atoms with Gasteiger partial charge in [-0.15, -0.1) is 0 Å². The second kappa shape index (κ2) is 7.23. The van der Waals surface area contributed by atoms with E-state index in [4.69, 9.17) is 5.73 Å². The molecule has 2 aliphatic heterocycles. The summed E-state index contributed by atoms with van der Waals surface area (Å²) in [5.41, 5.74) is 6.91. The number of amides is 2. The molecular weight excluding hydrogens is 370 g/mol. The maximum atomic E-state index is 13.0. The number of halogens is 1. The van der Waals surface area contributed by atoms with E-state index in [9.17, 15) is 9.59 Å². The molecule has 2 saturated heterocycles. The molecule has 2 fully saturated rings. The van der Waals surface area contributed by atoms with Crippen molar-refractivity contribution in [2.75, 3.05) is 18.0 Å². The number of hydrogen-bond acceptors (Lipinski definition) is 3. The van der Waals surface area contributed by atoms with E-state index in [1.807, 2.05) is 36.1 Å². The Balaban J connectivity index is 1.75. The van der Waals surface area contributed by atoms with E-state index >= 15 is 0 Å². The van der Waals surface area contributed by atoms with Crippen LogP contribution < -0.4 is 10.6 Å². The molecule has 3 atom stereocenters. The highest BCUT2D eigenvalue weighted by molar-refractivity contribution is 9.10. The Morgan fingerprint density at radius 2 is 2.08 bits per heavy atom. The molecule has 2 amide bonds. The Morgan fingerprint density at radius 1 is 1.29 bits per heavy atom. The Morgan fingerprint density at radius 3 is 2.79 bits per heavy atom. The summed E-state index contributed by atoms with van der Waals surface area (Å²) in [6.45, 7) is 3.24. The number of carbonyl (C=O) groups is 2. The average Bonchev–Trinajstić information content (AvgIpc) is 2.95. The molecular formula is C18H24BrN3O2. The lowest BCUT2D eigenvalue weighted by molar-refractivity contribution is -0.143. The quantitative estimate of drug-likeness (QED) is 0.802. The van der Waals surface area contributed by atoms with Gasteiger partial charge in [-0.3, -0.25) is 9.59 Å². The summed E-state index contributed by atoms with van der Waals surface area (Å²) >= 11 is 3.43. The van der Waals surface area contributed by atoms with Crippen LogP contribution in [0.2, 0.25) is 0 Å². The minimum absolute atomic E-state index is 0.0421. The molecule has 2 N–H and O–H groups in total. The van der Waals surface area contributed by atoms with Crippen LogP contribution in [0.15, 0.2) is 28.7 Å². The summed E-state index contributed by atoms with van der Waals surface area (Å²) in [6.07, 6.45) is 3.59. The van der Waals surface area contributed by atoms with Crippen LogP contribution in [0.4, 0.5) is 5.69 Å². The lowest BCUT2D eigenvalue weighted by atomic mass is 9.94. The summed E-state index contributed by atoms with van der Waals surface area (Å²) in [5.74, 6) is -0.699. The van der Waals surface area contributed by atoms with Crippen LogP contribution in [-0.4, -0.2) is 41.9 Å². The zero-order valence-corrected chi connectivity index (χ0v) is 15.5. The Hall–Kier alpha value is -1.40. The summed E-state index contributed by atoms with van der Waals surface area (Å²) in [5, 5.41) is 0. The third kappa shape index (κ3) is 3.35. The smallest absolute Gasteiger partial charge is 0.239 e. The van der Waals surface area contributed by atoms with Crippen molar-refractivity contribution in [2.24, 2.45) is 11.7 Å². The molecule has 0 aromatic heterocycles. The van der Waals surface area contributed by atoms with Crippen molar-refractivity contribution in [3.8, 4) is 0 Å². The molecule has 5 nitrogen and oxygen atoms in total. The van der Waals surface area contributed by atoms with E-state index in [2.05, 4.69) is 15.9 Å². The lowest BCUT2D eigenvalue weighted by Gasteiger charge is -2.39. The van der Waals surface area contributed by atoms with Crippen LogP contribution in [-0.2, 0) is 9.59 Å². The van der Waals surface area contributed by atoms with Gasteiger partial charge in [0, 0.05) is 35.3 Å². The number of rotatable bonds is 3. The SMILES string of the molecule is CC(N)C1CCCCN1C(=O)C1CCN(c2cccc(Br)c2)C1=O. The molecule has 6 heteroatoms. The predicted molar refractivity (Wildman–Crippen MR) is 97.6 cm³/mol. The maximum absolute atomic E-state index is 13.0. The molecule has 0 spiro atoms. The first kappa shape index (κ1) is 17.4. The van der Waals surface area contributed by atoms with Gasteiger partial charge in [0.2, 0.25) is 11.8 Å². The first-order valence-corrected chi connectivity index (χ1v) is 9.41. The lowest BCUT2D eigenvalue weighted by Crippen LogP contribution is -2.54. The molecule has 24 heavy (non-hydrogen) atoms. The molecule has 0 radical (unpaired) electrons. The highest BCUT2D eigenvalue weighted by Gasteiger charge is 2.42. The highest BCUT2D eigenvalue weighted by atomic mass is 79.9. The van der Waals surface area contributed by atoms with Crippen molar-refractivity contribution in [1.82, 2.24) is 4.90 Å². The van der Waals surface area contributed by atoms with E-state index in [0.717, 1.165) is 29.4 Å². The fourth-order valence-corrected chi connectivity index (χ4v) is 4.17. The Bertz CT molecular complexity index is 634. The van der Waals surface area contributed by atoms with Gasteiger partial charge in [0.15, 0.2) is 0 Å². The Kier molecular flexibility index (Phi) is 5.25. The fourth-order valence-electron chi connectivity index (χ4n) is 3.79. The molecule has 2 heterocycles.